The van der Waals surface area contributed by atoms with Crippen LogP contribution in [-0.4, -0.2) is 36.6 Å². The van der Waals surface area contributed by atoms with E-state index in [0.29, 0.717) is 0 Å². The van der Waals surface area contributed by atoms with Crippen LogP contribution in [0.4, 0.5) is 0 Å². The van der Waals surface area contributed by atoms with Gasteiger partial charge in [-0.05, 0) is 7.05 Å². The van der Waals surface area contributed by atoms with E-state index < -0.39 is 7.67 Å². The van der Waals surface area contributed by atoms with E-state index in [9.17, 15) is 9.46 Å². The molecule has 0 heterocycles. The van der Waals surface area contributed by atoms with Crippen LogP contribution in [0, 0.1) is 0 Å². The first-order valence-corrected chi connectivity index (χ1v) is 6.10. The van der Waals surface area contributed by atoms with Crippen LogP contribution in [0.2, 0.25) is 0 Å². The van der Waals surface area contributed by atoms with Crippen LogP contribution in [0.5, 0.6) is 0 Å². The minimum atomic E-state index is -3.65. The molecule has 0 rings (SSSR count). The third-order valence-corrected chi connectivity index (χ3v) is 3.39. The van der Waals surface area contributed by atoms with Crippen molar-refractivity contribution in [2.75, 3.05) is 31.9 Å². The molecular weight excluding hydrogens is 222 g/mol. The molecule has 1 N–H and O–H groups in total. The monoisotopic (exact) mass is 233 g/mol. The van der Waals surface area contributed by atoms with E-state index in [2.05, 4.69) is 5.09 Å². The summed E-state index contributed by atoms with van der Waals surface area (Å²) in [5, 5.41) is 2.22. The third kappa shape index (κ3) is 4.08. The molecule has 0 radical (unpaired) electrons. The second kappa shape index (κ2) is 6.19. The molecule has 0 fully saturated rings. The van der Waals surface area contributed by atoms with Gasteiger partial charge in [0.05, 0.1) is 0 Å². The largest absolute Gasteiger partial charge is 0.776 e. The molecule has 12 heavy (non-hydrogen) atoms. The zero-order valence-electron chi connectivity index (χ0n) is 6.80. The Kier molecular flexibility index (Phi) is 6.55. The summed E-state index contributed by atoms with van der Waals surface area (Å²) in [7, 11) is -2.29. The van der Waals surface area contributed by atoms with Gasteiger partial charge in [-0.3, -0.25) is 9.76 Å². The molecule has 0 aromatic heterocycles. The van der Waals surface area contributed by atoms with Gasteiger partial charge in [-0.2, -0.15) is 0 Å². The average Bonchev–Trinajstić information content (AvgIpc) is 2.04. The molecule has 7 heteroatoms. The highest BCUT2D eigenvalue weighted by molar-refractivity contribution is 7.51. The number of hydrogen-bond donors (Lipinski definition) is 1. The maximum absolute atomic E-state index is 11.2. The van der Waals surface area contributed by atoms with Crippen LogP contribution < -0.4 is 9.98 Å². The van der Waals surface area contributed by atoms with Crippen molar-refractivity contribution in [1.82, 2.24) is 9.76 Å². The first-order chi connectivity index (χ1) is 5.58. The molecule has 74 valence electrons. The Morgan fingerprint density at radius 1 is 1.42 bits per heavy atom. The van der Waals surface area contributed by atoms with E-state index >= 15 is 0 Å². The SMILES string of the molecule is CNP(=O)([O-])N(CCCl)CCCl. The lowest BCUT2D eigenvalue weighted by atomic mass is 10.6. The zero-order chi connectivity index (χ0) is 9.61. The normalized spacial score (nSPS) is 16.4. The topological polar surface area (TPSA) is 55.4 Å². The van der Waals surface area contributed by atoms with Crippen molar-refractivity contribution >= 4 is 30.9 Å². The van der Waals surface area contributed by atoms with Crippen molar-refractivity contribution in [2.24, 2.45) is 0 Å². The molecule has 0 spiro atoms. The van der Waals surface area contributed by atoms with Gasteiger partial charge in [-0.1, -0.05) is 0 Å². The molecule has 0 bridgehead atoms. The molecular formula is C5H12Cl2N2O2P-. The zero-order valence-corrected chi connectivity index (χ0v) is 9.20. The molecule has 0 aliphatic rings. The second-order valence-electron chi connectivity index (χ2n) is 2.08. The number of nitrogens with zero attached hydrogens (tertiary/aromatic N) is 1. The van der Waals surface area contributed by atoms with Crippen molar-refractivity contribution < 1.29 is 9.46 Å². The predicted octanol–water partition coefficient (Wildman–Crippen LogP) is 0.454. The van der Waals surface area contributed by atoms with Gasteiger partial charge in [-0.15, -0.1) is 23.2 Å². The van der Waals surface area contributed by atoms with Crippen LogP contribution >= 0.6 is 30.9 Å². The van der Waals surface area contributed by atoms with Gasteiger partial charge in [0.2, 0.25) is 0 Å². The minimum Gasteiger partial charge on any atom is -0.776 e. The van der Waals surface area contributed by atoms with E-state index in [4.69, 9.17) is 23.2 Å². The van der Waals surface area contributed by atoms with Crippen LogP contribution in [0.25, 0.3) is 0 Å². The van der Waals surface area contributed by atoms with Crippen molar-refractivity contribution in [3.05, 3.63) is 0 Å². The smallest absolute Gasteiger partial charge is 0.146 e. The van der Waals surface area contributed by atoms with Crippen molar-refractivity contribution in [3.8, 4) is 0 Å². The fraction of sp³-hybridized carbons (Fsp3) is 1.00. The molecule has 0 amide bonds. The molecule has 0 aliphatic heterocycles. The Morgan fingerprint density at radius 2 is 1.83 bits per heavy atom. The molecule has 4 nitrogen and oxygen atoms in total. The molecule has 0 saturated heterocycles. The average molecular weight is 234 g/mol. The lowest BCUT2D eigenvalue weighted by Crippen LogP contribution is -2.35. The maximum atomic E-state index is 11.2. The Bertz CT molecular complexity index is 164. The predicted molar refractivity (Wildman–Crippen MR) is 49.7 cm³/mol. The Morgan fingerprint density at radius 3 is 2.08 bits per heavy atom. The Balaban J connectivity index is 4.17. The Labute approximate surface area is 82.4 Å². The van der Waals surface area contributed by atoms with Crippen molar-refractivity contribution in [2.45, 2.75) is 0 Å². The van der Waals surface area contributed by atoms with E-state index in [1.54, 1.807) is 0 Å². The van der Waals surface area contributed by atoms with Gasteiger partial charge in [0.25, 0.3) is 0 Å². The standard InChI is InChI=1S/C5H13Cl2N2O2P/c1-8-12(10,11)9(4-2-6)5-3-7/h2-5H2,1H3,(H2,8,10,11)/p-1. The van der Waals surface area contributed by atoms with Gasteiger partial charge in [0.1, 0.15) is 7.67 Å². The van der Waals surface area contributed by atoms with Crippen molar-refractivity contribution in [3.63, 3.8) is 0 Å². The summed E-state index contributed by atoms with van der Waals surface area (Å²) in [6, 6.07) is 0. The van der Waals surface area contributed by atoms with Gasteiger partial charge in [-0.25, -0.2) is 0 Å². The summed E-state index contributed by atoms with van der Waals surface area (Å²) in [5.74, 6) is 0.537. The summed E-state index contributed by atoms with van der Waals surface area (Å²) < 4.78 is 12.4. The van der Waals surface area contributed by atoms with Gasteiger partial charge in [0.15, 0.2) is 0 Å². The quantitative estimate of drug-likeness (QED) is 0.535. The number of halogens is 2. The van der Waals surface area contributed by atoms with Crippen LogP contribution in [-0.2, 0) is 4.57 Å². The lowest BCUT2D eigenvalue weighted by molar-refractivity contribution is -0.190. The molecule has 0 aromatic rings. The van der Waals surface area contributed by atoms with Gasteiger partial charge >= 0.3 is 0 Å². The van der Waals surface area contributed by atoms with E-state index in [0.717, 1.165) is 0 Å². The number of alkyl halides is 2. The minimum absolute atomic E-state index is 0.269. The van der Waals surface area contributed by atoms with Crippen LogP contribution in [0.1, 0.15) is 0 Å². The summed E-state index contributed by atoms with van der Waals surface area (Å²) in [4.78, 5) is 11.2. The molecule has 1 atom stereocenters. The van der Waals surface area contributed by atoms with Crippen molar-refractivity contribution in [1.29, 1.82) is 0 Å². The highest BCUT2D eigenvalue weighted by Gasteiger charge is 2.15. The van der Waals surface area contributed by atoms with Gasteiger partial charge < -0.3 is 9.46 Å². The molecule has 0 aromatic carbocycles. The lowest BCUT2D eigenvalue weighted by Gasteiger charge is -2.34. The Hall–Kier alpha value is 0.690. The van der Waals surface area contributed by atoms with E-state index in [-0.39, 0.29) is 24.8 Å². The molecule has 0 aliphatic carbocycles. The van der Waals surface area contributed by atoms with Crippen LogP contribution in [0.15, 0.2) is 0 Å². The number of hydrogen-bond acceptors (Lipinski definition) is 2. The summed E-state index contributed by atoms with van der Waals surface area (Å²) in [6.45, 7) is 0.575. The summed E-state index contributed by atoms with van der Waals surface area (Å²) in [6.07, 6.45) is 0. The number of rotatable bonds is 6. The van der Waals surface area contributed by atoms with Gasteiger partial charge in [0, 0.05) is 24.8 Å². The first kappa shape index (κ1) is 12.7. The third-order valence-electron chi connectivity index (χ3n) is 1.34. The summed E-state index contributed by atoms with van der Waals surface area (Å²) >= 11 is 10.8. The highest BCUT2D eigenvalue weighted by atomic mass is 35.5. The van der Waals surface area contributed by atoms with Crippen LogP contribution in [0.3, 0.4) is 0 Å². The van der Waals surface area contributed by atoms with E-state index in [1.165, 1.54) is 11.7 Å². The second-order valence-corrected chi connectivity index (χ2v) is 4.89. The fourth-order valence-electron chi connectivity index (χ4n) is 0.712. The summed E-state index contributed by atoms with van der Waals surface area (Å²) in [5.41, 5.74) is 0. The first-order valence-electron chi connectivity index (χ1n) is 3.46. The fourth-order valence-corrected chi connectivity index (χ4v) is 2.36. The molecule has 1 unspecified atom stereocenters. The van der Waals surface area contributed by atoms with E-state index in [1.807, 2.05) is 0 Å². The molecule has 0 saturated carbocycles. The maximum Gasteiger partial charge on any atom is 0.146 e. The number of nitrogens with one attached hydrogen (secondary N) is 1. The highest BCUT2D eigenvalue weighted by Crippen LogP contribution is 2.34.